The fourth-order valence-corrected chi connectivity index (χ4v) is 8.49. The summed E-state index contributed by atoms with van der Waals surface area (Å²) in [5.74, 6) is -2.46. The van der Waals surface area contributed by atoms with E-state index in [1.807, 2.05) is 20.8 Å². The molecule has 2 saturated carbocycles. The van der Waals surface area contributed by atoms with Crippen molar-refractivity contribution in [2.45, 2.75) is 104 Å². The second kappa shape index (κ2) is 12.4. The van der Waals surface area contributed by atoms with Crippen molar-refractivity contribution < 1.29 is 42.9 Å². The number of hydrogen-bond acceptors (Lipinski definition) is 12. The number of hydrogen-bond donors (Lipinski definition) is 2. The Morgan fingerprint density at radius 1 is 1.15 bits per heavy atom. The maximum atomic E-state index is 13.5. The number of rotatable bonds is 8. The molecule has 1 aliphatic heterocycles. The first-order chi connectivity index (χ1) is 21.7. The van der Waals surface area contributed by atoms with Gasteiger partial charge in [0.2, 0.25) is 0 Å². The van der Waals surface area contributed by atoms with Crippen LogP contribution in [0, 0.1) is 22.7 Å². The molecular formula is C34H44N2O10. The number of ether oxygens (including phenoxy) is 4. The van der Waals surface area contributed by atoms with E-state index in [4.69, 9.17) is 29.1 Å². The molecule has 2 aromatic heterocycles. The monoisotopic (exact) mass is 640 g/mol. The summed E-state index contributed by atoms with van der Waals surface area (Å²) in [6, 6.07) is 4.19. The molecule has 5 rings (SSSR count). The molecule has 3 aliphatic rings. The van der Waals surface area contributed by atoms with Crippen molar-refractivity contribution >= 4 is 17.9 Å². The lowest BCUT2D eigenvalue weighted by molar-refractivity contribution is -0.271. The van der Waals surface area contributed by atoms with Crippen LogP contribution in [0.5, 0.6) is 5.75 Å². The van der Waals surface area contributed by atoms with Gasteiger partial charge in [0.15, 0.2) is 0 Å². The van der Waals surface area contributed by atoms with E-state index in [-0.39, 0.29) is 30.1 Å². The van der Waals surface area contributed by atoms with Gasteiger partial charge in [-0.15, -0.1) is 0 Å². The molecule has 0 radical (unpaired) electrons. The van der Waals surface area contributed by atoms with Crippen LogP contribution in [0.1, 0.15) is 85.3 Å². The average Bonchev–Trinajstić information content (AvgIpc) is 2.98. The van der Waals surface area contributed by atoms with Crippen molar-refractivity contribution in [3.8, 4) is 17.1 Å². The third kappa shape index (κ3) is 5.70. The molecule has 12 nitrogen and oxygen atoms in total. The average molecular weight is 641 g/mol. The molecule has 12 heteroatoms. The molecule has 250 valence electrons. The van der Waals surface area contributed by atoms with E-state index >= 15 is 0 Å². The molecule has 2 aromatic rings. The van der Waals surface area contributed by atoms with Crippen LogP contribution < -0.4 is 16.1 Å². The molecule has 3 unspecified atom stereocenters. The van der Waals surface area contributed by atoms with Crippen LogP contribution in [-0.2, 0) is 28.6 Å². The predicted molar refractivity (Wildman–Crippen MR) is 164 cm³/mol. The van der Waals surface area contributed by atoms with Gasteiger partial charge < -0.3 is 34.2 Å². The van der Waals surface area contributed by atoms with Gasteiger partial charge in [0.05, 0.1) is 6.10 Å². The van der Waals surface area contributed by atoms with Crippen LogP contribution in [0.3, 0.4) is 0 Å². The minimum atomic E-state index is -1.37. The summed E-state index contributed by atoms with van der Waals surface area (Å²) in [5.41, 5.74) is 2.84. The van der Waals surface area contributed by atoms with Gasteiger partial charge >= 0.3 is 23.5 Å². The highest BCUT2D eigenvalue weighted by Crippen LogP contribution is 2.67. The number of nitrogens with zero attached hydrogens (tertiary/aromatic N) is 1. The standard InChI is InChI=1S/C34H44N2O10/c1-7-9-21(35)30(40)45-25-11-12-32(4)24(33(25,5)17-42-18(2)37)15-26(43-19(3)38)34(6)29(32)28(39)27-23(46-34)14-22(44-31(27)41)20-10-8-13-36-16-20/h8,10,13-14,16,21,24-26,28-29,39H,7,9,11-12,15,17,35H2,1-6H3/t21?,24?,25-,26-,28-,29?,32-,33-,34+/m0/s1. The lowest BCUT2D eigenvalue weighted by Gasteiger charge is -2.66. The number of carbonyl (C=O) groups excluding carboxylic acids is 3. The Bertz CT molecular complexity index is 1540. The summed E-state index contributed by atoms with van der Waals surface area (Å²) in [4.78, 5) is 55.4. The van der Waals surface area contributed by atoms with E-state index in [9.17, 15) is 24.3 Å². The number of carbonyl (C=O) groups is 3. The molecule has 2 aliphatic carbocycles. The van der Waals surface area contributed by atoms with E-state index < -0.39 is 76.2 Å². The first-order valence-electron chi connectivity index (χ1n) is 15.9. The number of aromatic nitrogens is 1. The molecule has 3 N–H and O–H groups in total. The molecule has 3 heterocycles. The molecule has 2 fully saturated rings. The minimum absolute atomic E-state index is 0.0284. The Hall–Kier alpha value is -3.77. The van der Waals surface area contributed by atoms with Gasteiger partial charge in [-0.2, -0.15) is 0 Å². The SMILES string of the molecule is CCCC(N)C(=O)O[C@H]1CC[C@@]2(C)C(C[C@H](OC(C)=O)[C@@]3(C)Oc4cc(-c5cccnc5)oc(=O)c4[C@H](O)C23)[C@]1(C)COC(C)=O. The number of aliphatic hydroxyl groups is 1. The Balaban J connectivity index is 1.62. The number of pyridine rings is 1. The molecule has 0 saturated heterocycles. The van der Waals surface area contributed by atoms with E-state index in [1.165, 1.54) is 13.8 Å². The van der Waals surface area contributed by atoms with Crippen LogP contribution >= 0.6 is 0 Å². The van der Waals surface area contributed by atoms with Gasteiger partial charge in [-0.3, -0.25) is 19.4 Å². The third-order valence-corrected chi connectivity index (χ3v) is 10.6. The second-order valence-corrected chi connectivity index (χ2v) is 13.7. The summed E-state index contributed by atoms with van der Waals surface area (Å²) >= 11 is 0. The Morgan fingerprint density at radius 2 is 1.89 bits per heavy atom. The van der Waals surface area contributed by atoms with Gasteiger partial charge in [0.1, 0.15) is 47.5 Å². The Labute approximate surface area is 267 Å². The summed E-state index contributed by atoms with van der Waals surface area (Å²) in [7, 11) is 0. The highest BCUT2D eigenvalue weighted by molar-refractivity contribution is 5.75. The smallest absolute Gasteiger partial charge is 0.345 e. The normalized spacial score (nSPS) is 33.7. The van der Waals surface area contributed by atoms with Gasteiger partial charge in [-0.25, -0.2) is 4.79 Å². The van der Waals surface area contributed by atoms with E-state index in [2.05, 4.69) is 4.98 Å². The molecule has 0 amide bonds. The zero-order valence-electron chi connectivity index (χ0n) is 27.2. The minimum Gasteiger partial charge on any atom is -0.482 e. The molecule has 0 bridgehead atoms. The van der Waals surface area contributed by atoms with Gasteiger partial charge in [0.25, 0.3) is 0 Å². The second-order valence-electron chi connectivity index (χ2n) is 13.7. The molecule has 46 heavy (non-hydrogen) atoms. The highest BCUT2D eigenvalue weighted by Gasteiger charge is 2.71. The zero-order valence-corrected chi connectivity index (χ0v) is 27.2. The maximum Gasteiger partial charge on any atom is 0.345 e. The first-order valence-corrected chi connectivity index (χ1v) is 15.9. The predicted octanol–water partition coefficient (Wildman–Crippen LogP) is 3.86. The van der Waals surface area contributed by atoms with Crippen molar-refractivity contribution in [2.24, 2.45) is 28.4 Å². The van der Waals surface area contributed by atoms with Crippen LogP contribution in [0.25, 0.3) is 11.3 Å². The van der Waals surface area contributed by atoms with Gasteiger partial charge in [-0.1, -0.05) is 27.2 Å². The van der Waals surface area contributed by atoms with Crippen LogP contribution in [0.15, 0.2) is 39.8 Å². The highest BCUT2D eigenvalue weighted by atomic mass is 16.6. The summed E-state index contributed by atoms with van der Waals surface area (Å²) in [5, 5.41) is 12.2. The van der Waals surface area contributed by atoms with Crippen molar-refractivity contribution in [2.75, 3.05) is 6.61 Å². The van der Waals surface area contributed by atoms with Crippen molar-refractivity contribution in [3.63, 3.8) is 0 Å². The maximum absolute atomic E-state index is 13.5. The van der Waals surface area contributed by atoms with Crippen LogP contribution in [0.2, 0.25) is 0 Å². The fourth-order valence-electron chi connectivity index (χ4n) is 8.49. The van der Waals surface area contributed by atoms with Gasteiger partial charge in [0, 0.05) is 49.2 Å². The number of esters is 3. The number of fused-ring (bicyclic) bond motifs is 4. The van der Waals surface area contributed by atoms with E-state index in [1.54, 1.807) is 37.5 Å². The molecule has 0 spiro atoms. The largest absolute Gasteiger partial charge is 0.482 e. The topological polar surface area (TPSA) is 177 Å². The third-order valence-electron chi connectivity index (χ3n) is 10.6. The molecule has 0 aromatic carbocycles. The van der Waals surface area contributed by atoms with E-state index in [0.717, 1.165) is 0 Å². The molecular weight excluding hydrogens is 596 g/mol. The summed E-state index contributed by atoms with van der Waals surface area (Å²) < 4.78 is 29.9. The van der Waals surface area contributed by atoms with Crippen LogP contribution in [0.4, 0.5) is 0 Å². The number of aliphatic hydroxyl groups excluding tert-OH is 1. The van der Waals surface area contributed by atoms with Crippen LogP contribution in [-0.4, -0.2) is 58.5 Å². The fraction of sp³-hybridized carbons (Fsp3) is 0.618. The lowest BCUT2D eigenvalue weighted by Crippen LogP contribution is -2.71. The quantitative estimate of drug-likeness (QED) is 0.315. The van der Waals surface area contributed by atoms with Gasteiger partial charge in [-0.05, 0) is 56.1 Å². The number of nitrogens with two attached hydrogens (primary N) is 1. The lowest BCUT2D eigenvalue weighted by atomic mass is 9.42. The molecule has 9 atom stereocenters. The first kappa shape index (κ1) is 33.6. The summed E-state index contributed by atoms with van der Waals surface area (Å²) in [6.45, 7) is 10.1. The van der Waals surface area contributed by atoms with Crippen molar-refractivity contribution in [1.82, 2.24) is 4.98 Å². The van der Waals surface area contributed by atoms with Crippen molar-refractivity contribution in [1.29, 1.82) is 0 Å². The van der Waals surface area contributed by atoms with Crippen molar-refractivity contribution in [3.05, 3.63) is 46.6 Å². The zero-order chi connectivity index (χ0) is 33.6. The Morgan fingerprint density at radius 3 is 2.52 bits per heavy atom. The Kier molecular flexibility index (Phi) is 9.09. The summed E-state index contributed by atoms with van der Waals surface area (Å²) in [6.07, 6.45) is 2.42. The van der Waals surface area contributed by atoms with E-state index in [0.29, 0.717) is 31.2 Å².